The first kappa shape index (κ1) is 12.2. The van der Waals surface area contributed by atoms with Gasteiger partial charge in [-0.1, -0.05) is 11.6 Å². The van der Waals surface area contributed by atoms with E-state index in [9.17, 15) is 5.26 Å². The largest absolute Gasteiger partial charge is 0.367 e. The maximum Gasteiger partial charge on any atom is 0.238 e. The lowest BCUT2D eigenvalue weighted by Crippen LogP contribution is -2.15. The number of nitrogen functional groups attached to an aromatic ring is 1. The minimum atomic E-state index is 0.177. The maximum atomic E-state index is 9.36. The van der Waals surface area contributed by atoms with Crippen molar-refractivity contribution < 1.29 is 0 Å². The summed E-state index contributed by atoms with van der Waals surface area (Å²) < 4.78 is 1.67. The van der Waals surface area contributed by atoms with Crippen LogP contribution in [0.2, 0.25) is 5.02 Å². The van der Waals surface area contributed by atoms with Crippen LogP contribution in [0.4, 0.5) is 5.95 Å². The Hall–Kier alpha value is -1.84. The van der Waals surface area contributed by atoms with E-state index in [2.05, 4.69) is 28.1 Å². The van der Waals surface area contributed by atoms with Crippen LogP contribution < -0.4 is 5.73 Å². The summed E-state index contributed by atoms with van der Waals surface area (Å²) in [6.45, 7) is 1.89. The van der Waals surface area contributed by atoms with Gasteiger partial charge in [-0.3, -0.25) is 0 Å². The van der Waals surface area contributed by atoms with Gasteiger partial charge in [0.1, 0.15) is 11.6 Å². The summed E-state index contributed by atoms with van der Waals surface area (Å²) in [7, 11) is 2.06. The molecule has 0 aromatic carbocycles. The average Bonchev–Trinajstić information content (AvgIpc) is 2.91. The predicted molar refractivity (Wildman–Crippen MR) is 72.0 cm³/mol. The Kier molecular flexibility index (Phi) is 2.81. The van der Waals surface area contributed by atoms with Crippen molar-refractivity contribution in [1.82, 2.24) is 19.5 Å². The van der Waals surface area contributed by atoms with Crippen LogP contribution in [0.25, 0.3) is 5.52 Å². The molecule has 2 aromatic heterocycles. The predicted octanol–water partition coefficient (Wildman–Crippen LogP) is 1.26. The van der Waals surface area contributed by atoms with Gasteiger partial charge in [0, 0.05) is 12.5 Å². The molecular weight excluding hydrogens is 264 g/mol. The monoisotopic (exact) mass is 276 g/mol. The molecular formula is C12H13ClN6. The molecule has 0 amide bonds. The summed E-state index contributed by atoms with van der Waals surface area (Å²) in [5.41, 5.74) is 7.61. The van der Waals surface area contributed by atoms with Crippen LogP contribution in [-0.4, -0.2) is 39.6 Å². The first-order valence-corrected chi connectivity index (χ1v) is 6.41. The molecule has 2 aromatic rings. The molecule has 1 saturated heterocycles. The highest BCUT2D eigenvalue weighted by Gasteiger charge is 2.29. The standard InChI is InChI=1S/C12H13ClN6/c1-18-3-2-7(6-18)11-8(4-14)10(13)9-5-16-12(15)17-19(9)11/h5,7H,2-3,6H2,1H3,(H2,15,17). The molecule has 1 fully saturated rings. The SMILES string of the molecule is CN1CCC(c2c(C#N)c(Cl)c3cnc(N)nn23)C1. The molecule has 0 spiro atoms. The van der Waals surface area contributed by atoms with Crippen molar-refractivity contribution in [3.8, 4) is 6.07 Å². The Morgan fingerprint density at radius 2 is 2.37 bits per heavy atom. The lowest BCUT2D eigenvalue weighted by molar-refractivity contribution is 0.410. The minimum Gasteiger partial charge on any atom is -0.367 e. The van der Waals surface area contributed by atoms with E-state index in [1.165, 1.54) is 0 Å². The van der Waals surface area contributed by atoms with E-state index < -0.39 is 0 Å². The van der Waals surface area contributed by atoms with E-state index in [0.717, 1.165) is 25.2 Å². The molecule has 0 bridgehead atoms. The highest BCUT2D eigenvalue weighted by atomic mass is 35.5. The van der Waals surface area contributed by atoms with Crippen molar-refractivity contribution >= 4 is 23.1 Å². The molecule has 1 unspecified atom stereocenters. The number of nitrogens with two attached hydrogens (primary N) is 1. The van der Waals surface area contributed by atoms with Crippen LogP contribution in [0.3, 0.4) is 0 Å². The molecule has 1 atom stereocenters. The zero-order chi connectivity index (χ0) is 13.6. The minimum absolute atomic E-state index is 0.177. The number of likely N-dealkylation sites (tertiary alicyclic amines) is 1. The van der Waals surface area contributed by atoms with Gasteiger partial charge in [0.05, 0.1) is 22.5 Å². The first-order valence-electron chi connectivity index (χ1n) is 6.03. The third kappa shape index (κ3) is 1.82. The van der Waals surface area contributed by atoms with Gasteiger partial charge in [-0.05, 0) is 20.0 Å². The summed E-state index contributed by atoms with van der Waals surface area (Å²) in [5.74, 6) is 0.421. The molecule has 6 nitrogen and oxygen atoms in total. The van der Waals surface area contributed by atoms with Crippen LogP contribution >= 0.6 is 11.6 Å². The number of hydrogen-bond donors (Lipinski definition) is 1. The lowest BCUT2D eigenvalue weighted by atomic mass is 10.0. The van der Waals surface area contributed by atoms with Crippen LogP contribution in [0.15, 0.2) is 6.20 Å². The fraction of sp³-hybridized carbons (Fsp3) is 0.417. The second-order valence-electron chi connectivity index (χ2n) is 4.85. The number of hydrogen-bond acceptors (Lipinski definition) is 5. The number of likely N-dealkylation sites (N-methyl/N-ethyl adjacent to an activating group) is 1. The number of aromatic nitrogens is 3. The molecule has 98 valence electrons. The highest BCUT2D eigenvalue weighted by molar-refractivity contribution is 6.35. The Morgan fingerprint density at radius 3 is 3.00 bits per heavy atom. The summed E-state index contributed by atoms with van der Waals surface area (Å²) in [6.07, 6.45) is 2.55. The molecule has 3 rings (SSSR count). The maximum absolute atomic E-state index is 9.36. The van der Waals surface area contributed by atoms with E-state index in [-0.39, 0.29) is 11.9 Å². The van der Waals surface area contributed by atoms with Crippen molar-refractivity contribution in [3.63, 3.8) is 0 Å². The number of rotatable bonds is 1. The van der Waals surface area contributed by atoms with Crippen LogP contribution in [0, 0.1) is 11.3 Å². The normalized spacial score (nSPS) is 19.9. The Morgan fingerprint density at radius 1 is 1.58 bits per heavy atom. The molecule has 2 N–H and O–H groups in total. The third-order valence-corrected chi connectivity index (χ3v) is 3.95. The van der Waals surface area contributed by atoms with Gasteiger partial charge in [-0.25, -0.2) is 9.50 Å². The molecule has 3 heterocycles. The smallest absolute Gasteiger partial charge is 0.238 e. The molecule has 0 radical (unpaired) electrons. The molecule has 19 heavy (non-hydrogen) atoms. The van der Waals surface area contributed by atoms with E-state index in [0.29, 0.717) is 16.1 Å². The van der Waals surface area contributed by atoms with E-state index in [1.807, 2.05) is 0 Å². The average molecular weight is 277 g/mol. The number of nitriles is 1. The van der Waals surface area contributed by atoms with E-state index in [1.54, 1.807) is 10.7 Å². The fourth-order valence-corrected chi connectivity index (χ4v) is 2.95. The van der Waals surface area contributed by atoms with E-state index >= 15 is 0 Å². The first-order chi connectivity index (χ1) is 9.11. The zero-order valence-electron chi connectivity index (χ0n) is 10.5. The molecule has 7 heteroatoms. The summed E-state index contributed by atoms with van der Waals surface area (Å²) in [4.78, 5) is 6.17. The summed E-state index contributed by atoms with van der Waals surface area (Å²) in [6, 6.07) is 2.18. The topological polar surface area (TPSA) is 83.2 Å². The second-order valence-corrected chi connectivity index (χ2v) is 5.23. The van der Waals surface area contributed by atoms with Crippen molar-refractivity contribution in [2.75, 3.05) is 25.9 Å². The van der Waals surface area contributed by atoms with Gasteiger partial charge in [-0.15, -0.1) is 5.10 Å². The van der Waals surface area contributed by atoms with Gasteiger partial charge >= 0.3 is 0 Å². The van der Waals surface area contributed by atoms with Gasteiger partial charge < -0.3 is 10.6 Å². The molecule has 0 saturated carbocycles. The van der Waals surface area contributed by atoms with Crippen molar-refractivity contribution in [1.29, 1.82) is 5.26 Å². The number of fused-ring (bicyclic) bond motifs is 1. The molecule has 0 aliphatic carbocycles. The Bertz CT molecular complexity index is 686. The van der Waals surface area contributed by atoms with Crippen LogP contribution in [0.1, 0.15) is 23.6 Å². The number of nitrogens with zero attached hydrogens (tertiary/aromatic N) is 5. The third-order valence-electron chi connectivity index (χ3n) is 3.57. The Balaban J connectivity index is 2.27. The van der Waals surface area contributed by atoms with E-state index in [4.69, 9.17) is 17.3 Å². The van der Waals surface area contributed by atoms with Crippen LogP contribution in [0.5, 0.6) is 0 Å². The second kappa shape index (κ2) is 4.37. The fourth-order valence-electron chi connectivity index (χ4n) is 2.69. The lowest BCUT2D eigenvalue weighted by Gasteiger charge is -2.11. The van der Waals surface area contributed by atoms with Gasteiger partial charge in [0.15, 0.2) is 0 Å². The highest BCUT2D eigenvalue weighted by Crippen LogP contribution is 2.35. The van der Waals surface area contributed by atoms with Crippen molar-refractivity contribution in [3.05, 3.63) is 22.5 Å². The van der Waals surface area contributed by atoms with Crippen LogP contribution in [-0.2, 0) is 0 Å². The van der Waals surface area contributed by atoms with Gasteiger partial charge in [0.2, 0.25) is 5.95 Å². The Labute approximate surface area is 115 Å². The molecule has 1 aliphatic rings. The van der Waals surface area contributed by atoms with Crippen molar-refractivity contribution in [2.24, 2.45) is 0 Å². The zero-order valence-corrected chi connectivity index (χ0v) is 11.2. The summed E-state index contributed by atoms with van der Waals surface area (Å²) >= 11 is 6.25. The number of anilines is 1. The van der Waals surface area contributed by atoms with Crippen molar-refractivity contribution in [2.45, 2.75) is 12.3 Å². The quantitative estimate of drug-likeness (QED) is 0.848. The van der Waals surface area contributed by atoms with Gasteiger partial charge in [-0.2, -0.15) is 5.26 Å². The number of halogens is 1. The molecule has 1 aliphatic heterocycles. The van der Waals surface area contributed by atoms with Gasteiger partial charge in [0.25, 0.3) is 0 Å². The summed E-state index contributed by atoms with van der Waals surface area (Å²) in [5, 5.41) is 14.0.